The molecule has 0 N–H and O–H groups in total. The number of allylic oxidation sites excluding steroid dienone is 1. The maximum atomic E-state index is 2.41. The minimum absolute atomic E-state index is 0.685. The van der Waals surface area contributed by atoms with E-state index in [4.69, 9.17) is 0 Å². The van der Waals surface area contributed by atoms with Crippen LogP contribution in [0.2, 0.25) is 0 Å². The molecule has 1 aliphatic rings. The van der Waals surface area contributed by atoms with Crippen molar-refractivity contribution in [3.05, 3.63) is 64.7 Å². The molecule has 0 aromatic heterocycles. The molecule has 0 fully saturated rings. The first-order chi connectivity index (χ1) is 10.2. The highest BCUT2D eigenvalue weighted by atomic mass is 14.2. The van der Waals surface area contributed by atoms with E-state index < -0.39 is 0 Å². The fraction of sp³-hybridized carbons (Fsp3) is 0.333. The molecule has 0 spiro atoms. The first-order valence-electron chi connectivity index (χ1n) is 8.08. The van der Waals surface area contributed by atoms with Crippen molar-refractivity contribution in [3.63, 3.8) is 0 Å². The first kappa shape index (κ1) is 14.1. The zero-order valence-corrected chi connectivity index (χ0v) is 13.3. The van der Waals surface area contributed by atoms with Crippen LogP contribution in [0.5, 0.6) is 0 Å². The van der Waals surface area contributed by atoms with Gasteiger partial charge >= 0.3 is 0 Å². The Labute approximate surface area is 128 Å². The summed E-state index contributed by atoms with van der Waals surface area (Å²) in [5.41, 5.74) is 8.79. The molecular weight excluding hydrogens is 252 g/mol. The highest BCUT2D eigenvalue weighted by Crippen LogP contribution is 2.36. The van der Waals surface area contributed by atoms with E-state index in [9.17, 15) is 0 Å². The van der Waals surface area contributed by atoms with E-state index in [1.165, 1.54) is 27.8 Å². The zero-order valence-electron chi connectivity index (χ0n) is 13.3. The van der Waals surface area contributed by atoms with E-state index in [1.807, 2.05) is 0 Å². The van der Waals surface area contributed by atoms with Crippen molar-refractivity contribution in [2.75, 3.05) is 0 Å². The van der Waals surface area contributed by atoms with Gasteiger partial charge in [0.2, 0.25) is 0 Å². The molecule has 0 aliphatic heterocycles. The fourth-order valence-corrected chi connectivity index (χ4v) is 3.30. The normalized spacial score (nSPS) is 13.4. The predicted octanol–water partition coefficient (Wildman–Crippen LogP) is 5.90. The summed E-state index contributed by atoms with van der Waals surface area (Å²) in [7, 11) is 0. The van der Waals surface area contributed by atoms with Crippen molar-refractivity contribution in [3.8, 4) is 11.1 Å². The Kier molecular flexibility index (Phi) is 3.96. The van der Waals surface area contributed by atoms with Crippen molar-refractivity contribution >= 4 is 6.08 Å². The summed E-state index contributed by atoms with van der Waals surface area (Å²) >= 11 is 0. The standard InChI is InChI=1S/C21H24/c1-4-16-13-18-9-7-11-20(21(18)14-16)19-10-6-5-8-17(19)12-15(2)3/h5-11,14-15H,4,12-13H2,1-3H3. The van der Waals surface area contributed by atoms with Crippen molar-refractivity contribution < 1.29 is 0 Å². The average Bonchev–Trinajstić information content (AvgIpc) is 2.90. The van der Waals surface area contributed by atoms with Gasteiger partial charge in [-0.05, 0) is 53.0 Å². The quantitative estimate of drug-likeness (QED) is 0.652. The maximum absolute atomic E-state index is 2.41. The average molecular weight is 276 g/mol. The van der Waals surface area contributed by atoms with Crippen LogP contribution in [-0.4, -0.2) is 0 Å². The van der Waals surface area contributed by atoms with Gasteiger partial charge in [0.05, 0.1) is 0 Å². The van der Waals surface area contributed by atoms with Crippen molar-refractivity contribution in [1.29, 1.82) is 0 Å². The van der Waals surface area contributed by atoms with Crippen LogP contribution in [0.1, 0.15) is 43.9 Å². The van der Waals surface area contributed by atoms with Gasteiger partial charge in [-0.15, -0.1) is 0 Å². The van der Waals surface area contributed by atoms with Crippen LogP contribution < -0.4 is 0 Å². The minimum atomic E-state index is 0.685. The number of rotatable bonds is 4. The van der Waals surface area contributed by atoms with Gasteiger partial charge in [0.1, 0.15) is 0 Å². The van der Waals surface area contributed by atoms with Crippen molar-refractivity contribution in [2.24, 2.45) is 5.92 Å². The minimum Gasteiger partial charge on any atom is -0.0655 e. The van der Waals surface area contributed by atoms with Gasteiger partial charge in [-0.3, -0.25) is 0 Å². The van der Waals surface area contributed by atoms with Crippen LogP contribution in [-0.2, 0) is 12.8 Å². The fourth-order valence-electron chi connectivity index (χ4n) is 3.30. The Balaban J connectivity index is 2.11. The molecule has 0 heterocycles. The Bertz CT molecular complexity index is 674. The van der Waals surface area contributed by atoms with E-state index in [-0.39, 0.29) is 0 Å². The molecule has 0 saturated carbocycles. The van der Waals surface area contributed by atoms with Crippen LogP contribution in [0, 0.1) is 5.92 Å². The molecule has 108 valence electrons. The highest BCUT2D eigenvalue weighted by molar-refractivity contribution is 5.82. The smallest absolute Gasteiger partial charge is 0.00577 e. The third-order valence-electron chi connectivity index (χ3n) is 4.35. The second-order valence-electron chi connectivity index (χ2n) is 6.47. The largest absolute Gasteiger partial charge is 0.0655 e. The monoisotopic (exact) mass is 276 g/mol. The summed E-state index contributed by atoms with van der Waals surface area (Å²) in [5, 5.41) is 0. The summed E-state index contributed by atoms with van der Waals surface area (Å²) in [6.07, 6.45) is 5.84. The lowest BCUT2D eigenvalue weighted by molar-refractivity contribution is 0.648. The second-order valence-corrected chi connectivity index (χ2v) is 6.47. The Hall–Kier alpha value is -1.82. The van der Waals surface area contributed by atoms with E-state index >= 15 is 0 Å². The van der Waals surface area contributed by atoms with E-state index in [1.54, 1.807) is 5.57 Å². The molecule has 0 amide bonds. The molecule has 0 bridgehead atoms. The Morgan fingerprint density at radius 2 is 1.71 bits per heavy atom. The van der Waals surface area contributed by atoms with Gasteiger partial charge < -0.3 is 0 Å². The lowest BCUT2D eigenvalue weighted by Crippen LogP contribution is -1.98. The molecule has 1 aliphatic carbocycles. The van der Waals surface area contributed by atoms with E-state index in [2.05, 4.69) is 69.3 Å². The molecule has 0 nitrogen and oxygen atoms in total. The summed E-state index contributed by atoms with van der Waals surface area (Å²) in [4.78, 5) is 0. The lowest BCUT2D eigenvalue weighted by Gasteiger charge is -2.14. The number of fused-ring (bicyclic) bond motifs is 1. The highest BCUT2D eigenvalue weighted by Gasteiger charge is 2.17. The van der Waals surface area contributed by atoms with Crippen molar-refractivity contribution in [2.45, 2.75) is 40.0 Å². The third kappa shape index (κ3) is 2.81. The van der Waals surface area contributed by atoms with Gasteiger partial charge in [0, 0.05) is 0 Å². The SMILES string of the molecule is CCC1=Cc2c(cccc2-c2ccccc2CC(C)C)C1. The summed E-state index contributed by atoms with van der Waals surface area (Å²) in [5.74, 6) is 0.685. The molecule has 2 aromatic carbocycles. The van der Waals surface area contributed by atoms with Gasteiger partial charge in [0.25, 0.3) is 0 Å². The third-order valence-corrected chi connectivity index (χ3v) is 4.35. The summed E-state index contributed by atoms with van der Waals surface area (Å²) in [6, 6.07) is 15.7. The zero-order chi connectivity index (χ0) is 14.8. The Morgan fingerprint density at radius 3 is 2.48 bits per heavy atom. The summed E-state index contributed by atoms with van der Waals surface area (Å²) in [6.45, 7) is 6.84. The van der Waals surface area contributed by atoms with Crippen LogP contribution in [0.25, 0.3) is 17.2 Å². The summed E-state index contributed by atoms with van der Waals surface area (Å²) < 4.78 is 0. The van der Waals surface area contributed by atoms with E-state index in [0.717, 1.165) is 19.3 Å². The molecule has 0 atom stereocenters. The number of hydrogen-bond acceptors (Lipinski definition) is 0. The maximum Gasteiger partial charge on any atom is -0.00577 e. The van der Waals surface area contributed by atoms with Crippen LogP contribution in [0.3, 0.4) is 0 Å². The number of hydrogen-bond donors (Lipinski definition) is 0. The lowest BCUT2D eigenvalue weighted by atomic mass is 9.90. The van der Waals surface area contributed by atoms with Crippen LogP contribution >= 0.6 is 0 Å². The molecule has 0 unspecified atom stereocenters. The van der Waals surface area contributed by atoms with Gasteiger partial charge in [-0.2, -0.15) is 0 Å². The molecule has 2 aromatic rings. The first-order valence-corrected chi connectivity index (χ1v) is 8.08. The molecule has 3 rings (SSSR count). The van der Waals surface area contributed by atoms with Gasteiger partial charge in [-0.25, -0.2) is 0 Å². The van der Waals surface area contributed by atoms with Gasteiger partial charge in [-0.1, -0.05) is 74.9 Å². The van der Waals surface area contributed by atoms with E-state index in [0.29, 0.717) is 5.92 Å². The second kappa shape index (κ2) is 5.89. The predicted molar refractivity (Wildman–Crippen MR) is 92.4 cm³/mol. The molecule has 21 heavy (non-hydrogen) atoms. The molecule has 0 heteroatoms. The molecule has 0 saturated heterocycles. The molecular formula is C21H24. The topological polar surface area (TPSA) is 0 Å². The van der Waals surface area contributed by atoms with Crippen LogP contribution in [0.4, 0.5) is 0 Å². The van der Waals surface area contributed by atoms with Crippen molar-refractivity contribution in [1.82, 2.24) is 0 Å². The van der Waals surface area contributed by atoms with Crippen LogP contribution in [0.15, 0.2) is 48.0 Å². The number of benzene rings is 2. The van der Waals surface area contributed by atoms with Gasteiger partial charge in [0.15, 0.2) is 0 Å². The Morgan fingerprint density at radius 1 is 0.952 bits per heavy atom. The molecule has 0 radical (unpaired) electrons.